The highest BCUT2D eigenvalue weighted by atomic mass is 32.2. The first-order chi connectivity index (χ1) is 19.1. The zero-order chi connectivity index (χ0) is 30.2. The molecule has 6 N–H and O–H groups in total. The molecule has 0 aliphatic carbocycles. The lowest BCUT2D eigenvalue weighted by molar-refractivity contribution is 0.0977. The van der Waals surface area contributed by atoms with Gasteiger partial charge in [-0.05, 0) is 57.4 Å². The van der Waals surface area contributed by atoms with E-state index >= 15 is 0 Å². The van der Waals surface area contributed by atoms with Crippen LogP contribution in [0.2, 0.25) is 0 Å². The van der Waals surface area contributed by atoms with Crippen molar-refractivity contribution < 1.29 is 22.3 Å². The lowest BCUT2D eigenvalue weighted by atomic mass is 9.93. The third kappa shape index (κ3) is 6.89. The number of amides is 1. The highest BCUT2D eigenvalue weighted by Crippen LogP contribution is 2.38. The van der Waals surface area contributed by atoms with Crippen molar-refractivity contribution in [1.82, 2.24) is 19.7 Å². The Morgan fingerprint density at radius 2 is 1.93 bits per heavy atom. The lowest BCUT2D eigenvalue weighted by Crippen LogP contribution is -2.40. The minimum absolute atomic E-state index is 0.0316. The fourth-order valence-corrected chi connectivity index (χ4v) is 5.82. The van der Waals surface area contributed by atoms with E-state index in [1.54, 1.807) is 0 Å². The fourth-order valence-electron chi connectivity index (χ4n) is 4.90. The van der Waals surface area contributed by atoms with Crippen molar-refractivity contribution in [3.63, 3.8) is 0 Å². The van der Waals surface area contributed by atoms with Gasteiger partial charge in [0.1, 0.15) is 28.9 Å². The molecule has 12 nitrogen and oxygen atoms in total. The van der Waals surface area contributed by atoms with Crippen molar-refractivity contribution in [1.29, 1.82) is 0 Å². The zero-order valence-electron chi connectivity index (χ0n) is 23.6. The maximum atomic E-state index is 14.8. The Morgan fingerprint density at radius 1 is 1.20 bits per heavy atom. The number of benzene rings is 1. The summed E-state index contributed by atoms with van der Waals surface area (Å²) in [6.45, 7) is 10.7. The topological polar surface area (TPSA) is 178 Å². The van der Waals surface area contributed by atoms with E-state index in [0.29, 0.717) is 25.4 Å². The summed E-state index contributed by atoms with van der Waals surface area (Å²) < 4.78 is 48.5. The summed E-state index contributed by atoms with van der Waals surface area (Å²) in [5, 5.41) is -0.441. The molecule has 4 rings (SSSR count). The number of sulfonamides is 1. The van der Waals surface area contributed by atoms with E-state index in [1.807, 2.05) is 44.2 Å². The largest absolute Gasteiger partial charge is 0.493 e. The van der Waals surface area contributed by atoms with Gasteiger partial charge in [-0.2, -0.15) is 8.42 Å². The predicted molar refractivity (Wildman–Crippen MR) is 153 cm³/mol. The highest BCUT2D eigenvalue weighted by molar-refractivity contribution is 7.90. The smallest absolute Gasteiger partial charge is 0.285 e. The van der Waals surface area contributed by atoms with Crippen LogP contribution in [0.4, 0.5) is 16.0 Å². The van der Waals surface area contributed by atoms with Crippen molar-refractivity contribution in [3.8, 4) is 17.0 Å². The van der Waals surface area contributed by atoms with Crippen molar-refractivity contribution >= 4 is 27.6 Å². The van der Waals surface area contributed by atoms with Gasteiger partial charge in [0.25, 0.3) is 15.9 Å². The van der Waals surface area contributed by atoms with Gasteiger partial charge in [0, 0.05) is 29.3 Å². The highest BCUT2D eigenvalue weighted by Gasteiger charge is 2.44. The Kier molecular flexibility index (Phi) is 8.21. The number of nitrogens with two attached hydrogens (primary N) is 2. The van der Waals surface area contributed by atoms with Gasteiger partial charge in [-0.3, -0.25) is 4.79 Å². The molecule has 1 saturated heterocycles. The number of nitrogens with zero attached hydrogens (tertiary/aromatic N) is 4. The van der Waals surface area contributed by atoms with Crippen LogP contribution in [0.5, 0.6) is 5.75 Å². The Hall–Kier alpha value is -3.88. The van der Waals surface area contributed by atoms with Gasteiger partial charge >= 0.3 is 0 Å². The van der Waals surface area contributed by atoms with Crippen LogP contribution in [-0.4, -0.2) is 53.5 Å². The number of nitrogen functional groups attached to an aromatic ring is 1. The molecule has 14 heteroatoms. The second-order valence-electron chi connectivity index (χ2n) is 11.5. The normalized spacial score (nSPS) is 18.4. The molecule has 1 aliphatic rings. The van der Waals surface area contributed by atoms with E-state index in [4.69, 9.17) is 21.3 Å². The number of anilines is 2. The van der Waals surface area contributed by atoms with Crippen LogP contribution in [0.1, 0.15) is 51.5 Å². The average molecular weight is 587 g/mol. The number of pyridine rings is 1. The summed E-state index contributed by atoms with van der Waals surface area (Å²) >= 11 is 0. The first-order valence-electron chi connectivity index (χ1n) is 13.0. The Morgan fingerprint density at radius 3 is 2.56 bits per heavy atom. The SMILES string of the molecule is CC(C)COc1cc(F)cc(-c2nc(N3C[C@](C)(N)CC3(C)C)cnc2C(=O)NS(=O)(=O)c2cccc(NN)n2)c1. The molecule has 1 amide bonds. The van der Waals surface area contributed by atoms with Crippen LogP contribution in [0.15, 0.2) is 47.6 Å². The summed E-state index contributed by atoms with van der Waals surface area (Å²) in [5.41, 5.74) is 7.61. The number of halogens is 1. The third-order valence-electron chi connectivity index (χ3n) is 6.44. The monoisotopic (exact) mass is 586 g/mol. The molecule has 0 saturated carbocycles. The van der Waals surface area contributed by atoms with E-state index < -0.39 is 37.9 Å². The van der Waals surface area contributed by atoms with Crippen LogP contribution >= 0.6 is 0 Å². The second-order valence-corrected chi connectivity index (χ2v) is 13.1. The number of nitrogens with one attached hydrogen (secondary N) is 2. The standard InChI is InChI=1S/C27H35FN8O4S/c1-16(2)13-40-19-10-17(9-18(28)11-19)23-24(25(37)35-41(38,39)22-8-6-7-20(32-22)34-30)31-12-21(33-23)36-15-27(5,29)14-26(36,3)4/h6-12,16H,13-15,29-30H2,1-5H3,(H,32,34)(H,35,37)/t27-/m1/s1. The molecule has 2 aromatic heterocycles. The van der Waals surface area contributed by atoms with E-state index in [2.05, 4.69) is 15.4 Å². The molecule has 1 aromatic carbocycles. The minimum atomic E-state index is -4.43. The number of hydrogen-bond acceptors (Lipinski definition) is 11. The van der Waals surface area contributed by atoms with Crippen molar-refractivity contribution in [2.24, 2.45) is 17.5 Å². The Balaban J connectivity index is 1.80. The first-order valence-corrected chi connectivity index (χ1v) is 14.5. The van der Waals surface area contributed by atoms with Gasteiger partial charge in [0.2, 0.25) is 0 Å². The summed E-state index contributed by atoms with van der Waals surface area (Å²) in [6.07, 6.45) is 2.04. The van der Waals surface area contributed by atoms with E-state index in [-0.39, 0.29) is 34.4 Å². The quantitative estimate of drug-likeness (QED) is 0.214. The number of aromatic nitrogens is 3. The molecule has 0 bridgehead atoms. The summed E-state index contributed by atoms with van der Waals surface area (Å²) in [4.78, 5) is 28.3. The Bertz CT molecular complexity index is 1560. The number of hydrazine groups is 1. The number of ether oxygens (including phenoxy) is 1. The number of rotatable bonds is 9. The molecule has 3 aromatic rings. The number of carbonyl (C=O) groups is 1. The van der Waals surface area contributed by atoms with Crippen LogP contribution in [0.3, 0.4) is 0 Å². The molecule has 220 valence electrons. The summed E-state index contributed by atoms with van der Waals surface area (Å²) in [5.74, 6) is 4.52. The van der Waals surface area contributed by atoms with Crippen LogP contribution in [-0.2, 0) is 10.0 Å². The zero-order valence-corrected chi connectivity index (χ0v) is 24.4. The molecule has 1 aliphatic heterocycles. The molecule has 1 atom stereocenters. The molecule has 0 unspecified atom stereocenters. The molecule has 1 fully saturated rings. The van der Waals surface area contributed by atoms with Gasteiger partial charge in [-0.1, -0.05) is 19.9 Å². The van der Waals surface area contributed by atoms with Crippen molar-refractivity contribution in [2.45, 2.75) is 57.1 Å². The van der Waals surface area contributed by atoms with Crippen LogP contribution in [0, 0.1) is 11.7 Å². The molecule has 3 heterocycles. The maximum absolute atomic E-state index is 14.8. The van der Waals surface area contributed by atoms with Gasteiger partial charge in [0.15, 0.2) is 10.7 Å². The second kappa shape index (κ2) is 11.2. The average Bonchev–Trinajstić information content (AvgIpc) is 3.13. The summed E-state index contributed by atoms with van der Waals surface area (Å²) in [7, 11) is -4.43. The molecular formula is C27H35FN8O4S. The van der Waals surface area contributed by atoms with E-state index in [9.17, 15) is 17.6 Å². The number of hydrogen-bond donors (Lipinski definition) is 4. The molecular weight excluding hydrogens is 551 g/mol. The first kappa shape index (κ1) is 30.1. The predicted octanol–water partition coefficient (Wildman–Crippen LogP) is 2.82. The van der Waals surface area contributed by atoms with Gasteiger partial charge in [0.05, 0.1) is 12.8 Å². The van der Waals surface area contributed by atoms with Gasteiger partial charge < -0.3 is 20.8 Å². The molecule has 0 radical (unpaired) electrons. The number of carbonyl (C=O) groups excluding carboxylic acids is 1. The van der Waals surface area contributed by atoms with Crippen LogP contribution in [0.25, 0.3) is 11.3 Å². The van der Waals surface area contributed by atoms with Gasteiger partial charge in [-0.25, -0.2) is 29.9 Å². The van der Waals surface area contributed by atoms with Crippen LogP contribution < -0.4 is 31.4 Å². The fraction of sp³-hybridized carbons (Fsp3) is 0.407. The van der Waals surface area contributed by atoms with Gasteiger partial charge in [-0.15, -0.1) is 0 Å². The van der Waals surface area contributed by atoms with E-state index in [1.165, 1.54) is 42.6 Å². The Labute approximate surface area is 238 Å². The minimum Gasteiger partial charge on any atom is -0.493 e. The third-order valence-corrected chi connectivity index (χ3v) is 7.67. The van der Waals surface area contributed by atoms with Crippen molar-refractivity contribution in [3.05, 3.63) is 54.1 Å². The summed E-state index contributed by atoms with van der Waals surface area (Å²) in [6, 6.07) is 8.01. The molecule has 0 spiro atoms. The lowest BCUT2D eigenvalue weighted by Gasteiger charge is -2.32. The van der Waals surface area contributed by atoms with Crippen molar-refractivity contribution in [2.75, 3.05) is 23.5 Å². The maximum Gasteiger partial charge on any atom is 0.285 e. The van der Waals surface area contributed by atoms with E-state index in [0.717, 1.165) is 0 Å². The molecule has 41 heavy (non-hydrogen) atoms.